The topological polar surface area (TPSA) is 49.5 Å². The molecule has 0 spiro atoms. The molecule has 0 aliphatic carbocycles. The molecule has 0 radical (unpaired) electrons. The fourth-order valence-corrected chi connectivity index (χ4v) is 3.05. The molecule has 1 atom stereocenters. The first-order valence-electron chi connectivity index (χ1n) is 6.44. The van der Waals surface area contributed by atoms with Crippen molar-refractivity contribution >= 4 is 0 Å². The zero-order valence-electron chi connectivity index (χ0n) is 10.5. The summed E-state index contributed by atoms with van der Waals surface area (Å²) in [5, 5.41) is 10.7. The monoisotopic (exact) mass is 224 g/mol. The molecule has 3 rings (SSSR count). The highest BCUT2D eigenvalue weighted by Crippen LogP contribution is 2.39. The van der Waals surface area contributed by atoms with Gasteiger partial charge in [0.1, 0.15) is 0 Å². The predicted octanol–water partition coefficient (Wildman–Crippen LogP) is 1.48. The highest BCUT2D eigenvalue weighted by atomic mass is 16.3. The van der Waals surface area contributed by atoms with Gasteiger partial charge >= 0.3 is 0 Å². The number of nitrogens with zero attached hydrogens (tertiary/aromatic N) is 1. The van der Waals surface area contributed by atoms with Crippen LogP contribution in [0.2, 0.25) is 0 Å². The van der Waals surface area contributed by atoms with Crippen molar-refractivity contribution in [3.63, 3.8) is 0 Å². The van der Waals surface area contributed by atoms with Crippen molar-refractivity contribution in [3.8, 4) is 0 Å². The molecule has 0 aromatic carbocycles. The van der Waals surface area contributed by atoms with Crippen LogP contribution < -0.4 is 5.73 Å². The van der Waals surface area contributed by atoms with Crippen LogP contribution in [0.5, 0.6) is 0 Å². The van der Waals surface area contributed by atoms with Gasteiger partial charge in [0.25, 0.3) is 0 Å². The Labute approximate surface area is 98.3 Å². The Balaban J connectivity index is 2.09. The van der Waals surface area contributed by atoms with Crippen LogP contribution in [-0.4, -0.2) is 35.2 Å². The SMILES string of the molecule is CC/C(C)=C(\N)C[C@]1(O)CN2CCC1CC2. The Morgan fingerprint density at radius 3 is 2.50 bits per heavy atom. The summed E-state index contributed by atoms with van der Waals surface area (Å²) in [4.78, 5) is 2.37. The molecule has 3 saturated heterocycles. The molecular weight excluding hydrogens is 200 g/mol. The van der Waals surface area contributed by atoms with Gasteiger partial charge in [-0.15, -0.1) is 0 Å². The summed E-state index contributed by atoms with van der Waals surface area (Å²) >= 11 is 0. The maximum absolute atomic E-state index is 10.7. The second-order valence-corrected chi connectivity index (χ2v) is 5.49. The third-order valence-electron chi connectivity index (χ3n) is 4.42. The first-order valence-corrected chi connectivity index (χ1v) is 6.44. The van der Waals surface area contributed by atoms with Gasteiger partial charge in [-0.2, -0.15) is 0 Å². The molecule has 0 aromatic rings. The highest BCUT2D eigenvalue weighted by molar-refractivity contribution is 5.14. The highest BCUT2D eigenvalue weighted by Gasteiger charge is 2.45. The molecule has 0 unspecified atom stereocenters. The van der Waals surface area contributed by atoms with Crippen LogP contribution in [0.15, 0.2) is 11.3 Å². The predicted molar refractivity (Wildman–Crippen MR) is 65.9 cm³/mol. The molecule has 3 heteroatoms. The smallest absolute Gasteiger partial charge is 0.0857 e. The maximum Gasteiger partial charge on any atom is 0.0857 e. The van der Waals surface area contributed by atoms with Crippen molar-refractivity contribution < 1.29 is 5.11 Å². The number of hydrogen-bond donors (Lipinski definition) is 2. The molecule has 0 saturated carbocycles. The van der Waals surface area contributed by atoms with E-state index in [1.165, 1.54) is 5.57 Å². The van der Waals surface area contributed by atoms with Gasteiger partial charge in [-0.25, -0.2) is 0 Å². The van der Waals surface area contributed by atoms with Gasteiger partial charge in [0, 0.05) is 18.7 Å². The van der Waals surface area contributed by atoms with Crippen LogP contribution >= 0.6 is 0 Å². The van der Waals surface area contributed by atoms with E-state index in [1.54, 1.807) is 0 Å². The van der Waals surface area contributed by atoms with Gasteiger partial charge in [0.2, 0.25) is 0 Å². The average Bonchev–Trinajstić information content (AvgIpc) is 2.28. The van der Waals surface area contributed by atoms with E-state index in [1.807, 2.05) is 0 Å². The largest absolute Gasteiger partial charge is 0.402 e. The van der Waals surface area contributed by atoms with Gasteiger partial charge in [-0.05, 0) is 45.2 Å². The fourth-order valence-electron chi connectivity index (χ4n) is 3.05. The molecule has 3 heterocycles. The number of fused-ring (bicyclic) bond motifs is 3. The lowest BCUT2D eigenvalue weighted by atomic mass is 9.73. The minimum Gasteiger partial charge on any atom is -0.402 e. The zero-order chi connectivity index (χ0) is 11.8. The summed E-state index contributed by atoms with van der Waals surface area (Å²) in [6.07, 6.45) is 3.91. The maximum atomic E-state index is 10.7. The Morgan fingerprint density at radius 1 is 1.44 bits per heavy atom. The molecule has 16 heavy (non-hydrogen) atoms. The van der Waals surface area contributed by atoms with E-state index < -0.39 is 5.60 Å². The lowest BCUT2D eigenvalue weighted by Crippen LogP contribution is -2.59. The van der Waals surface area contributed by atoms with E-state index >= 15 is 0 Å². The second kappa shape index (κ2) is 4.38. The summed E-state index contributed by atoms with van der Waals surface area (Å²) in [7, 11) is 0. The van der Waals surface area contributed by atoms with Crippen LogP contribution in [-0.2, 0) is 0 Å². The van der Waals surface area contributed by atoms with Gasteiger partial charge in [0.15, 0.2) is 0 Å². The Kier molecular flexibility index (Phi) is 3.27. The third kappa shape index (κ3) is 2.11. The van der Waals surface area contributed by atoms with E-state index in [-0.39, 0.29) is 0 Å². The molecule has 92 valence electrons. The minimum atomic E-state index is -0.559. The number of piperidine rings is 3. The van der Waals surface area contributed by atoms with E-state index in [2.05, 4.69) is 18.7 Å². The Morgan fingerprint density at radius 2 is 2.06 bits per heavy atom. The minimum absolute atomic E-state index is 0.459. The van der Waals surface area contributed by atoms with Crippen molar-refractivity contribution in [3.05, 3.63) is 11.3 Å². The first kappa shape index (κ1) is 11.9. The molecule has 2 bridgehead atoms. The van der Waals surface area contributed by atoms with Crippen LogP contribution in [0, 0.1) is 5.92 Å². The first-order chi connectivity index (χ1) is 7.55. The lowest BCUT2D eigenvalue weighted by Gasteiger charge is -2.50. The van der Waals surface area contributed by atoms with Crippen molar-refractivity contribution in [1.29, 1.82) is 0 Å². The molecule has 3 nitrogen and oxygen atoms in total. The van der Waals surface area contributed by atoms with Crippen LogP contribution in [0.3, 0.4) is 0 Å². The quantitative estimate of drug-likeness (QED) is 0.763. The number of allylic oxidation sites excluding steroid dienone is 1. The van der Waals surface area contributed by atoms with E-state index in [0.29, 0.717) is 12.3 Å². The standard InChI is InChI=1S/C13H24N2O/c1-3-10(2)12(14)8-13(16)9-15-6-4-11(13)5-7-15/h11,16H,3-9,14H2,1-2H3/b12-10-/t13-/m0/s1. The van der Waals surface area contributed by atoms with E-state index in [0.717, 1.165) is 44.6 Å². The van der Waals surface area contributed by atoms with Gasteiger partial charge < -0.3 is 15.7 Å². The number of hydrogen-bond acceptors (Lipinski definition) is 3. The molecule has 0 amide bonds. The number of aliphatic hydroxyl groups is 1. The van der Waals surface area contributed by atoms with Crippen molar-refractivity contribution in [2.45, 2.75) is 45.1 Å². The molecule has 3 N–H and O–H groups in total. The average molecular weight is 224 g/mol. The fraction of sp³-hybridized carbons (Fsp3) is 0.846. The number of rotatable bonds is 3. The molecule has 3 fully saturated rings. The normalized spacial score (nSPS) is 39.7. The summed E-state index contributed by atoms with van der Waals surface area (Å²) < 4.78 is 0. The van der Waals surface area contributed by atoms with E-state index in [4.69, 9.17) is 5.73 Å². The molecule has 3 aliphatic heterocycles. The third-order valence-corrected chi connectivity index (χ3v) is 4.42. The van der Waals surface area contributed by atoms with Gasteiger partial charge in [-0.1, -0.05) is 12.5 Å². The van der Waals surface area contributed by atoms with Crippen LogP contribution in [0.25, 0.3) is 0 Å². The molecule has 3 aliphatic rings. The zero-order valence-corrected chi connectivity index (χ0v) is 10.5. The molecule has 0 aromatic heterocycles. The summed E-state index contributed by atoms with van der Waals surface area (Å²) in [5.41, 5.74) is 7.65. The second-order valence-electron chi connectivity index (χ2n) is 5.49. The Hall–Kier alpha value is -0.540. The van der Waals surface area contributed by atoms with Crippen LogP contribution in [0.4, 0.5) is 0 Å². The summed E-state index contributed by atoms with van der Waals surface area (Å²) in [6.45, 7) is 7.31. The van der Waals surface area contributed by atoms with Gasteiger partial charge in [-0.3, -0.25) is 0 Å². The lowest BCUT2D eigenvalue weighted by molar-refractivity contribution is -0.111. The van der Waals surface area contributed by atoms with E-state index in [9.17, 15) is 5.11 Å². The summed E-state index contributed by atoms with van der Waals surface area (Å²) in [6, 6.07) is 0. The van der Waals surface area contributed by atoms with Crippen LogP contribution in [0.1, 0.15) is 39.5 Å². The Bertz CT molecular complexity index is 292. The van der Waals surface area contributed by atoms with Crippen molar-refractivity contribution in [2.75, 3.05) is 19.6 Å². The number of nitrogens with two attached hydrogens (primary N) is 1. The van der Waals surface area contributed by atoms with Gasteiger partial charge in [0.05, 0.1) is 5.60 Å². The van der Waals surface area contributed by atoms with Crippen molar-refractivity contribution in [2.24, 2.45) is 11.7 Å². The van der Waals surface area contributed by atoms with Crippen molar-refractivity contribution in [1.82, 2.24) is 4.90 Å². The summed E-state index contributed by atoms with van der Waals surface area (Å²) in [5.74, 6) is 0.459. The molecular formula is C13H24N2O.